The summed E-state index contributed by atoms with van der Waals surface area (Å²) in [4.78, 5) is 13.0. The molecule has 2 heterocycles. The molecule has 0 aliphatic carbocycles. The lowest BCUT2D eigenvalue weighted by atomic mass is 10.0. The van der Waals surface area contributed by atoms with Gasteiger partial charge in [0.25, 0.3) is 5.91 Å². The van der Waals surface area contributed by atoms with E-state index in [4.69, 9.17) is 16.7 Å². The smallest absolute Gasteiger partial charge is 0.255 e. The highest BCUT2D eigenvalue weighted by molar-refractivity contribution is 6.30. The van der Waals surface area contributed by atoms with Crippen LogP contribution < -0.4 is 10.6 Å². The minimum Gasteiger partial charge on any atom is -0.349 e. The molecule has 4 rings (SSSR count). The predicted molar refractivity (Wildman–Crippen MR) is 112 cm³/mol. The zero-order valence-corrected chi connectivity index (χ0v) is 16.3. The molecule has 1 fully saturated rings. The molecule has 0 unspecified atom stereocenters. The molecule has 144 valence electrons. The number of benzene rings is 2. The van der Waals surface area contributed by atoms with E-state index in [1.165, 1.54) is 0 Å². The molecule has 0 bridgehead atoms. The van der Waals surface area contributed by atoms with Crippen LogP contribution in [-0.2, 0) is 6.54 Å². The summed E-state index contributed by atoms with van der Waals surface area (Å²) < 4.78 is 1.83. The number of hydrogen-bond acceptors (Lipinski definition) is 3. The van der Waals surface area contributed by atoms with Crippen LogP contribution in [0.3, 0.4) is 0 Å². The maximum atomic E-state index is 13.0. The average Bonchev–Trinajstić information content (AvgIpc) is 3.14. The first-order chi connectivity index (χ1) is 13.7. The summed E-state index contributed by atoms with van der Waals surface area (Å²) in [6.07, 6.45) is 3.73. The number of nitrogens with one attached hydrogen (secondary N) is 2. The molecule has 0 atom stereocenters. The summed E-state index contributed by atoms with van der Waals surface area (Å²) in [5.41, 5.74) is 3.29. The minimum absolute atomic E-state index is 0.0730. The SMILES string of the molecule is O=C(NC1CCNCC1)c1cn(Cc2ccccc2)nc1-c1ccc(Cl)cc1. The fraction of sp³-hybridized carbons (Fsp3) is 0.273. The second-order valence-electron chi connectivity index (χ2n) is 7.08. The number of amides is 1. The maximum absolute atomic E-state index is 13.0. The number of piperidine rings is 1. The van der Waals surface area contributed by atoms with Crippen molar-refractivity contribution in [3.05, 3.63) is 76.9 Å². The van der Waals surface area contributed by atoms with E-state index in [1.807, 2.05) is 53.3 Å². The van der Waals surface area contributed by atoms with Crippen molar-refractivity contribution < 1.29 is 4.79 Å². The van der Waals surface area contributed by atoms with Crippen LogP contribution in [-0.4, -0.2) is 34.8 Å². The first-order valence-electron chi connectivity index (χ1n) is 9.58. The van der Waals surface area contributed by atoms with E-state index in [0.717, 1.165) is 37.1 Å². The van der Waals surface area contributed by atoms with E-state index in [9.17, 15) is 4.79 Å². The van der Waals surface area contributed by atoms with Gasteiger partial charge in [0.1, 0.15) is 5.69 Å². The second kappa shape index (κ2) is 8.59. The largest absolute Gasteiger partial charge is 0.349 e. The molecule has 1 aromatic heterocycles. The van der Waals surface area contributed by atoms with Crippen molar-refractivity contribution in [2.75, 3.05) is 13.1 Å². The van der Waals surface area contributed by atoms with Crippen molar-refractivity contribution in [2.45, 2.75) is 25.4 Å². The topological polar surface area (TPSA) is 59.0 Å². The van der Waals surface area contributed by atoms with Crippen molar-refractivity contribution >= 4 is 17.5 Å². The lowest BCUT2D eigenvalue weighted by Crippen LogP contribution is -2.42. The molecule has 0 radical (unpaired) electrons. The zero-order chi connectivity index (χ0) is 19.3. The molecule has 1 amide bonds. The molecule has 28 heavy (non-hydrogen) atoms. The van der Waals surface area contributed by atoms with E-state index >= 15 is 0 Å². The summed E-state index contributed by atoms with van der Waals surface area (Å²) in [5, 5.41) is 11.9. The summed E-state index contributed by atoms with van der Waals surface area (Å²) in [7, 11) is 0. The van der Waals surface area contributed by atoms with E-state index in [0.29, 0.717) is 22.8 Å². The van der Waals surface area contributed by atoms with E-state index in [-0.39, 0.29) is 11.9 Å². The Kier molecular flexibility index (Phi) is 5.74. The third kappa shape index (κ3) is 4.43. The Labute approximate surface area is 169 Å². The molecule has 0 spiro atoms. The van der Waals surface area contributed by atoms with Crippen molar-refractivity contribution in [2.24, 2.45) is 0 Å². The van der Waals surface area contributed by atoms with Gasteiger partial charge in [-0.25, -0.2) is 0 Å². The molecular formula is C22H23ClN4O. The van der Waals surface area contributed by atoms with Gasteiger partial charge in [-0.2, -0.15) is 5.10 Å². The van der Waals surface area contributed by atoms with E-state index in [2.05, 4.69) is 22.8 Å². The summed E-state index contributed by atoms with van der Waals surface area (Å²) in [5.74, 6) is -0.0730. The van der Waals surface area contributed by atoms with E-state index in [1.54, 1.807) is 0 Å². The summed E-state index contributed by atoms with van der Waals surface area (Å²) in [6, 6.07) is 17.7. The van der Waals surface area contributed by atoms with Crippen LogP contribution >= 0.6 is 11.6 Å². The van der Waals surface area contributed by atoms with Gasteiger partial charge in [0.05, 0.1) is 12.1 Å². The Morgan fingerprint density at radius 1 is 1.11 bits per heavy atom. The monoisotopic (exact) mass is 394 g/mol. The molecule has 2 aromatic carbocycles. The Balaban J connectivity index is 1.63. The normalized spacial score (nSPS) is 14.8. The van der Waals surface area contributed by atoms with Gasteiger partial charge in [-0.05, 0) is 43.6 Å². The van der Waals surface area contributed by atoms with Crippen molar-refractivity contribution in [1.29, 1.82) is 0 Å². The maximum Gasteiger partial charge on any atom is 0.255 e. The highest BCUT2D eigenvalue weighted by atomic mass is 35.5. The third-order valence-corrected chi connectivity index (χ3v) is 5.24. The Morgan fingerprint density at radius 2 is 1.82 bits per heavy atom. The highest BCUT2D eigenvalue weighted by Crippen LogP contribution is 2.24. The zero-order valence-electron chi connectivity index (χ0n) is 15.6. The molecule has 1 saturated heterocycles. The van der Waals surface area contributed by atoms with Gasteiger partial charge in [0, 0.05) is 22.8 Å². The molecule has 2 N–H and O–H groups in total. The van der Waals surface area contributed by atoms with Gasteiger partial charge in [-0.1, -0.05) is 54.1 Å². The number of carbonyl (C=O) groups excluding carboxylic acids is 1. The van der Waals surface area contributed by atoms with Crippen LogP contribution in [0.4, 0.5) is 0 Å². The number of carbonyl (C=O) groups is 1. The van der Waals surface area contributed by atoms with Crippen molar-refractivity contribution in [3.63, 3.8) is 0 Å². The fourth-order valence-electron chi connectivity index (χ4n) is 3.49. The van der Waals surface area contributed by atoms with Crippen LogP contribution in [0.5, 0.6) is 0 Å². The number of nitrogens with zero attached hydrogens (tertiary/aromatic N) is 2. The Hall–Kier alpha value is -2.63. The van der Waals surface area contributed by atoms with Crippen molar-refractivity contribution in [3.8, 4) is 11.3 Å². The highest BCUT2D eigenvalue weighted by Gasteiger charge is 2.22. The second-order valence-corrected chi connectivity index (χ2v) is 7.52. The predicted octanol–water partition coefficient (Wildman–Crippen LogP) is 3.73. The van der Waals surface area contributed by atoms with Gasteiger partial charge in [0.15, 0.2) is 0 Å². The first-order valence-corrected chi connectivity index (χ1v) is 9.96. The van der Waals surface area contributed by atoms with Gasteiger partial charge in [0.2, 0.25) is 0 Å². The fourth-order valence-corrected chi connectivity index (χ4v) is 3.62. The number of aromatic nitrogens is 2. The lowest BCUT2D eigenvalue weighted by molar-refractivity contribution is 0.0930. The number of hydrogen-bond donors (Lipinski definition) is 2. The number of rotatable bonds is 5. The summed E-state index contributed by atoms with van der Waals surface area (Å²) in [6.45, 7) is 2.48. The molecule has 1 aliphatic heterocycles. The molecular weight excluding hydrogens is 372 g/mol. The van der Waals surface area contributed by atoms with Crippen molar-refractivity contribution in [1.82, 2.24) is 20.4 Å². The Morgan fingerprint density at radius 3 is 2.54 bits per heavy atom. The molecule has 1 aliphatic rings. The molecule has 5 nitrogen and oxygen atoms in total. The van der Waals surface area contributed by atoms with Gasteiger partial charge in [-0.3, -0.25) is 9.48 Å². The third-order valence-electron chi connectivity index (χ3n) is 4.99. The molecule has 0 saturated carbocycles. The average molecular weight is 395 g/mol. The lowest BCUT2D eigenvalue weighted by Gasteiger charge is -2.23. The quantitative estimate of drug-likeness (QED) is 0.693. The standard InChI is InChI=1S/C22H23ClN4O/c23-18-8-6-17(7-9-18)21-20(22(28)25-19-10-12-24-13-11-19)15-27(26-21)14-16-4-2-1-3-5-16/h1-9,15,19,24H,10-14H2,(H,25,28). The van der Waals surface area contributed by atoms with Crippen LogP contribution in [0.15, 0.2) is 60.8 Å². The van der Waals surface area contributed by atoms with Gasteiger partial charge in [-0.15, -0.1) is 0 Å². The van der Waals surface area contributed by atoms with E-state index < -0.39 is 0 Å². The van der Waals surface area contributed by atoms with Crippen LogP contribution in [0.25, 0.3) is 11.3 Å². The number of halogens is 1. The molecule has 3 aromatic rings. The van der Waals surface area contributed by atoms with Gasteiger partial charge >= 0.3 is 0 Å². The van der Waals surface area contributed by atoms with Crippen LogP contribution in [0.2, 0.25) is 5.02 Å². The Bertz CT molecular complexity index is 931. The van der Waals surface area contributed by atoms with Gasteiger partial charge < -0.3 is 10.6 Å². The summed E-state index contributed by atoms with van der Waals surface area (Å²) >= 11 is 6.03. The van der Waals surface area contributed by atoms with Crippen LogP contribution in [0, 0.1) is 0 Å². The molecule has 6 heteroatoms. The first kappa shape index (κ1) is 18.7. The minimum atomic E-state index is -0.0730. The van der Waals surface area contributed by atoms with Crippen LogP contribution in [0.1, 0.15) is 28.8 Å².